The number of carbonyl (C=O) groups excluding carboxylic acids is 1. The van der Waals surface area contributed by atoms with E-state index in [0.717, 1.165) is 56.6 Å². The average molecular weight is 299 g/mol. The van der Waals surface area contributed by atoms with Crippen LogP contribution in [0.1, 0.15) is 50.5 Å². The molecule has 2 heterocycles. The summed E-state index contributed by atoms with van der Waals surface area (Å²) in [6, 6.07) is -0.129. The van der Waals surface area contributed by atoms with Gasteiger partial charge in [-0.25, -0.2) is 4.98 Å². The predicted octanol–water partition coefficient (Wildman–Crippen LogP) is 2.16. The molecular weight excluding hydrogens is 276 g/mol. The summed E-state index contributed by atoms with van der Waals surface area (Å²) in [6.07, 6.45) is 6.14. The fourth-order valence-electron chi connectivity index (χ4n) is 2.38. The quantitative estimate of drug-likeness (QED) is 0.754. The number of hydrogen-bond acceptors (Lipinski definition) is 3. The molecule has 1 aliphatic rings. The molecule has 2 rings (SSSR count). The van der Waals surface area contributed by atoms with Gasteiger partial charge in [0.05, 0.1) is 11.7 Å². The first-order valence-corrected chi connectivity index (χ1v) is 7.83. The molecular formula is C14H23ClN4O. The van der Waals surface area contributed by atoms with Crippen LogP contribution in [0.5, 0.6) is 0 Å². The standard InChI is InChI=1S/C14H23ClN4O/c1-2-3-7-12-18-11(13(15)19-12)9-17-10-6-4-5-8-16-14(10)20/h10,17H,2-9H2,1H3,(H,16,20)(H,18,19). The lowest BCUT2D eigenvalue weighted by molar-refractivity contribution is -0.122. The van der Waals surface area contributed by atoms with Gasteiger partial charge in [0.25, 0.3) is 0 Å². The Kier molecular flexibility index (Phi) is 5.86. The molecule has 1 aromatic rings. The van der Waals surface area contributed by atoms with E-state index in [1.807, 2.05) is 0 Å². The first-order chi connectivity index (χ1) is 9.70. The van der Waals surface area contributed by atoms with E-state index < -0.39 is 0 Å². The van der Waals surface area contributed by atoms with Crippen molar-refractivity contribution in [3.63, 3.8) is 0 Å². The summed E-state index contributed by atoms with van der Waals surface area (Å²) in [5.41, 5.74) is 0.870. The lowest BCUT2D eigenvalue weighted by atomic mass is 10.1. The smallest absolute Gasteiger partial charge is 0.237 e. The summed E-state index contributed by atoms with van der Waals surface area (Å²) >= 11 is 6.13. The lowest BCUT2D eigenvalue weighted by Crippen LogP contribution is -2.42. The number of carbonyl (C=O) groups is 1. The number of rotatable bonds is 6. The molecule has 0 radical (unpaired) electrons. The summed E-state index contributed by atoms with van der Waals surface area (Å²) < 4.78 is 0. The van der Waals surface area contributed by atoms with Crippen molar-refractivity contribution in [1.82, 2.24) is 20.6 Å². The molecule has 1 aliphatic heterocycles. The third kappa shape index (κ3) is 4.21. The van der Waals surface area contributed by atoms with Gasteiger partial charge in [0, 0.05) is 19.5 Å². The molecule has 1 atom stereocenters. The monoisotopic (exact) mass is 298 g/mol. The minimum atomic E-state index is -0.129. The number of aromatic amines is 1. The number of nitrogens with one attached hydrogen (secondary N) is 3. The average Bonchev–Trinajstić information content (AvgIpc) is 2.65. The van der Waals surface area contributed by atoms with Crippen molar-refractivity contribution in [3.8, 4) is 0 Å². The van der Waals surface area contributed by atoms with Crippen LogP contribution in [0.2, 0.25) is 5.15 Å². The first-order valence-electron chi connectivity index (χ1n) is 7.45. The van der Waals surface area contributed by atoms with Crippen molar-refractivity contribution in [1.29, 1.82) is 0 Å². The number of aromatic nitrogens is 2. The Bertz CT molecular complexity index is 446. The summed E-state index contributed by atoms with van der Waals surface area (Å²) in [7, 11) is 0. The molecule has 1 saturated heterocycles. The molecule has 5 nitrogen and oxygen atoms in total. The van der Waals surface area contributed by atoms with Gasteiger partial charge in [-0.15, -0.1) is 0 Å². The highest BCUT2D eigenvalue weighted by Gasteiger charge is 2.20. The molecule has 1 amide bonds. The fourth-order valence-corrected chi connectivity index (χ4v) is 2.59. The van der Waals surface area contributed by atoms with E-state index in [9.17, 15) is 4.79 Å². The van der Waals surface area contributed by atoms with Gasteiger partial charge in [-0.05, 0) is 25.7 Å². The number of nitrogens with zero attached hydrogens (tertiary/aromatic N) is 1. The molecule has 6 heteroatoms. The molecule has 0 bridgehead atoms. The third-order valence-electron chi connectivity index (χ3n) is 3.60. The van der Waals surface area contributed by atoms with Crippen LogP contribution < -0.4 is 10.6 Å². The minimum Gasteiger partial charge on any atom is -0.355 e. The zero-order valence-corrected chi connectivity index (χ0v) is 12.7. The molecule has 112 valence electrons. The van der Waals surface area contributed by atoms with E-state index >= 15 is 0 Å². The second-order valence-corrected chi connectivity index (χ2v) is 5.63. The first kappa shape index (κ1) is 15.3. The number of aryl methyl sites for hydroxylation is 1. The van der Waals surface area contributed by atoms with Gasteiger partial charge in [0.1, 0.15) is 5.82 Å². The Labute approximate surface area is 124 Å². The van der Waals surface area contributed by atoms with Crippen LogP contribution >= 0.6 is 11.6 Å². The summed E-state index contributed by atoms with van der Waals surface area (Å²) in [4.78, 5) is 19.4. The molecule has 0 saturated carbocycles. The molecule has 0 aliphatic carbocycles. The summed E-state index contributed by atoms with van der Waals surface area (Å²) in [5, 5.41) is 6.70. The van der Waals surface area contributed by atoms with Crippen molar-refractivity contribution in [2.45, 2.75) is 58.0 Å². The van der Waals surface area contributed by atoms with Crippen molar-refractivity contribution in [2.75, 3.05) is 6.54 Å². The summed E-state index contributed by atoms with van der Waals surface area (Å²) in [5.74, 6) is 1.02. The Morgan fingerprint density at radius 2 is 2.30 bits per heavy atom. The maximum Gasteiger partial charge on any atom is 0.237 e. The second kappa shape index (κ2) is 7.64. The molecule has 20 heavy (non-hydrogen) atoms. The minimum absolute atomic E-state index is 0.0874. The SMILES string of the molecule is CCCCc1nc(Cl)c(CNC2CCCCNC2=O)[nH]1. The molecule has 0 spiro atoms. The number of H-pyrrole nitrogens is 1. The van der Waals surface area contributed by atoms with E-state index in [4.69, 9.17) is 11.6 Å². The van der Waals surface area contributed by atoms with E-state index in [-0.39, 0.29) is 11.9 Å². The van der Waals surface area contributed by atoms with Crippen molar-refractivity contribution in [2.24, 2.45) is 0 Å². The van der Waals surface area contributed by atoms with Crippen LogP contribution in [-0.2, 0) is 17.8 Å². The van der Waals surface area contributed by atoms with Crippen molar-refractivity contribution >= 4 is 17.5 Å². The molecule has 0 aromatic carbocycles. The van der Waals surface area contributed by atoms with E-state index in [1.54, 1.807) is 0 Å². The van der Waals surface area contributed by atoms with Crippen LogP contribution in [0.15, 0.2) is 0 Å². The van der Waals surface area contributed by atoms with Crippen LogP contribution in [0.4, 0.5) is 0 Å². The van der Waals surface area contributed by atoms with Crippen molar-refractivity contribution in [3.05, 3.63) is 16.7 Å². The Morgan fingerprint density at radius 1 is 1.45 bits per heavy atom. The predicted molar refractivity (Wildman–Crippen MR) is 79.7 cm³/mol. The zero-order chi connectivity index (χ0) is 14.4. The van der Waals surface area contributed by atoms with E-state index in [1.165, 1.54) is 0 Å². The lowest BCUT2D eigenvalue weighted by Gasteiger charge is -2.14. The van der Waals surface area contributed by atoms with Gasteiger partial charge in [0.15, 0.2) is 5.15 Å². The van der Waals surface area contributed by atoms with E-state index in [0.29, 0.717) is 11.7 Å². The number of halogens is 1. The number of amides is 1. The summed E-state index contributed by atoms with van der Waals surface area (Å²) in [6.45, 7) is 3.48. The van der Waals surface area contributed by atoms with Gasteiger partial charge < -0.3 is 15.6 Å². The topological polar surface area (TPSA) is 69.8 Å². The largest absolute Gasteiger partial charge is 0.355 e. The highest BCUT2D eigenvalue weighted by atomic mass is 35.5. The fraction of sp³-hybridized carbons (Fsp3) is 0.714. The molecule has 3 N–H and O–H groups in total. The maximum atomic E-state index is 11.8. The molecule has 1 unspecified atom stereocenters. The van der Waals surface area contributed by atoms with Gasteiger partial charge in [0.2, 0.25) is 5.91 Å². The number of unbranched alkanes of at least 4 members (excludes halogenated alkanes) is 1. The van der Waals surface area contributed by atoms with Gasteiger partial charge in [-0.3, -0.25) is 4.79 Å². The highest BCUT2D eigenvalue weighted by Crippen LogP contribution is 2.15. The Morgan fingerprint density at radius 3 is 3.10 bits per heavy atom. The van der Waals surface area contributed by atoms with Gasteiger partial charge in [-0.1, -0.05) is 24.9 Å². The van der Waals surface area contributed by atoms with Crippen LogP contribution in [0.3, 0.4) is 0 Å². The molecule has 1 fully saturated rings. The second-order valence-electron chi connectivity index (χ2n) is 5.28. The third-order valence-corrected chi connectivity index (χ3v) is 3.92. The van der Waals surface area contributed by atoms with Gasteiger partial charge >= 0.3 is 0 Å². The molecule has 1 aromatic heterocycles. The Hall–Kier alpha value is -1.07. The normalized spacial score (nSPS) is 19.7. The van der Waals surface area contributed by atoms with Crippen molar-refractivity contribution < 1.29 is 4.79 Å². The number of hydrogen-bond donors (Lipinski definition) is 3. The number of imidazole rings is 1. The van der Waals surface area contributed by atoms with Crippen LogP contribution in [0, 0.1) is 0 Å². The van der Waals surface area contributed by atoms with Crippen LogP contribution in [-0.4, -0.2) is 28.5 Å². The van der Waals surface area contributed by atoms with E-state index in [2.05, 4.69) is 27.5 Å². The maximum absolute atomic E-state index is 11.8. The Balaban J connectivity index is 1.89. The van der Waals surface area contributed by atoms with Gasteiger partial charge in [-0.2, -0.15) is 0 Å². The zero-order valence-electron chi connectivity index (χ0n) is 12.0. The van der Waals surface area contributed by atoms with Crippen LogP contribution in [0.25, 0.3) is 0 Å². The highest BCUT2D eigenvalue weighted by molar-refractivity contribution is 6.30.